The second-order valence-electron chi connectivity index (χ2n) is 2.39. The first-order valence-corrected chi connectivity index (χ1v) is 3.84. The summed E-state index contributed by atoms with van der Waals surface area (Å²) < 4.78 is 0. The molecule has 4 heteroatoms. The summed E-state index contributed by atoms with van der Waals surface area (Å²) in [6, 6.07) is 6.87. The molecule has 0 radical (unpaired) electrons. The number of halogens is 1. The van der Waals surface area contributed by atoms with Crippen molar-refractivity contribution in [3.63, 3.8) is 0 Å². The van der Waals surface area contributed by atoms with E-state index in [1.165, 1.54) is 0 Å². The molecule has 0 bridgehead atoms. The van der Waals surface area contributed by atoms with Gasteiger partial charge in [0, 0.05) is 11.3 Å². The van der Waals surface area contributed by atoms with Gasteiger partial charge in [-0.15, -0.1) is 11.6 Å². The quantitative estimate of drug-likeness (QED) is 0.533. The number of carbonyl (C=O) groups is 1. The lowest BCUT2D eigenvalue weighted by atomic mass is 10.1. The molecule has 4 N–H and O–H groups in total. The van der Waals surface area contributed by atoms with Crippen molar-refractivity contribution in [3.8, 4) is 0 Å². The summed E-state index contributed by atoms with van der Waals surface area (Å²) in [6.45, 7) is 0. The average molecular weight is 185 g/mol. The van der Waals surface area contributed by atoms with Crippen molar-refractivity contribution in [2.45, 2.75) is 5.38 Å². The Labute approximate surface area is 75.3 Å². The lowest BCUT2D eigenvalue weighted by Crippen LogP contribution is -2.17. The van der Waals surface area contributed by atoms with E-state index in [1.54, 1.807) is 24.3 Å². The van der Waals surface area contributed by atoms with Crippen LogP contribution >= 0.6 is 11.6 Å². The molecule has 0 saturated carbocycles. The van der Waals surface area contributed by atoms with Gasteiger partial charge in [-0.05, 0) is 6.07 Å². The fraction of sp³-hybridized carbons (Fsp3) is 0.125. The van der Waals surface area contributed by atoms with Gasteiger partial charge >= 0.3 is 0 Å². The number of benzene rings is 1. The molecule has 1 rings (SSSR count). The molecule has 1 aromatic carbocycles. The first-order valence-electron chi connectivity index (χ1n) is 3.40. The van der Waals surface area contributed by atoms with Gasteiger partial charge in [0.2, 0.25) is 5.91 Å². The number of anilines is 1. The van der Waals surface area contributed by atoms with E-state index in [9.17, 15) is 4.79 Å². The number of nitrogen functional groups attached to an aromatic ring is 1. The Bertz CT molecular complexity index is 301. The fourth-order valence-corrected chi connectivity index (χ4v) is 1.09. The summed E-state index contributed by atoms with van der Waals surface area (Å²) >= 11 is 5.69. The van der Waals surface area contributed by atoms with Crippen molar-refractivity contribution in [1.29, 1.82) is 0 Å². The van der Waals surface area contributed by atoms with Crippen molar-refractivity contribution < 1.29 is 4.79 Å². The molecule has 0 saturated heterocycles. The monoisotopic (exact) mass is 184 g/mol. The number of rotatable bonds is 2. The van der Waals surface area contributed by atoms with E-state index in [2.05, 4.69) is 0 Å². The van der Waals surface area contributed by atoms with Crippen LogP contribution in [0.1, 0.15) is 10.9 Å². The van der Waals surface area contributed by atoms with Crippen LogP contribution in [-0.4, -0.2) is 5.91 Å². The van der Waals surface area contributed by atoms with Gasteiger partial charge in [0.25, 0.3) is 0 Å². The Morgan fingerprint density at radius 3 is 2.50 bits per heavy atom. The van der Waals surface area contributed by atoms with Gasteiger partial charge in [-0.2, -0.15) is 0 Å². The molecule has 12 heavy (non-hydrogen) atoms. The number of hydrogen-bond donors (Lipinski definition) is 2. The summed E-state index contributed by atoms with van der Waals surface area (Å²) in [4.78, 5) is 10.7. The largest absolute Gasteiger partial charge is 0.398 e. The smallest absolute Gasteiger partial charge is 0.240 e. The Morgan fingerprint density at radius 1 is 1.42 bits per heavy atom. The number of alkyl halides is 1. The van der Waals surface area contributed by atoms with E-state index in [0.29, 0.717) is 11.3 Å². The predicted octanol–water partition coefficient (Wildman–Crippen LogP) is 1.03. The lowest BCUT2D eigenvalue weighted by molar-refractivity contribution is -0.117. The zero-order valence-corrected chi connectivity index (χ0v) is 7.08. The number of nitrogens with two attached hydrogens (primary N) is 2. The van der Waals surface area contributed by atoms with Crippen molar-refractivity contribution >= 4 is 23.2 Å². The minimum atomic E-state index is -0.841. The van der Waals surface area contributed by atoms with Gasteiger partial charge in [-0.25, -0.2) is 0 Å². The summed E-state index contributed by atoms with van der Waals surface area (Å²) in [5.41, 5.74) is 11.6. The van der Waals surface area contributed by atoms with Crippen LogP contribution in [0, 0.1) is 0 Å². The summed E-state index contributed by atoms with van der Waals surface area (Å²) in [5.74, 6) is -0.588. The van der Waals surface area contributed by atoms with Crippen LogP contribution < -0.4 is 11.5 Å². The lowest BCUT2D eigenvalue weighted by Gasteiger charge is -2.07. The first-order chi connectivity index (χ1) is 5.63. The van der Waals surface area contributed by atoms with Crippen molar-refractivity contribution in [2.75, 3.05) is 5.73 Å². The van der Waals surface area contributed by atoms with Crippen molar-refractivity contribution in [3.05, 3.63) is 29.8 Å². The van der Waals surface area contributed by atoms with Crippen molar-refractivity contribution in [1.82, 2.24) is 0 Å². The van der Waals surface area contributed by atoms with Gasteiger partial charge in [-0.3, -0.25) is 4.79 Å². The zero-order valence-electron chi connectivity index (χ0n) is 6.33. The Kier molecular flexibility index (Phi) is 2.55. The third kappa shape index (κ3) is 1.68. The summed E-state index contributed by atoms with van der Waals surface area (Å²) in [5, 5.41) is -0.841. The van der Waals surface area contributed by atoms with Crippen LogP contribution in [0.5, 0.6) is 0 Å². The number of amides is 1. The van der Waals surface area contributed by atoms with E-state index >= 15 is 0 Å². The summed E-state index contributed by atoms with van der Waals surface area (Å²) in [7, 11) is 0. The highest BCUT2D eigenvalue weighted by Crippen LogP contribution is 2.24. The minimum Gasteiger partial charge on any atom is -0.398 e. The molecule has 0 aliphatic heterocycles. The van der Waals surface area contributed by atoms with E-state index in [4.69, 9.17) is 23.1 Å². The van der Waals surface area contributed by atoms with Gasteiger partial charge in [-0.1, -0.05) is 18.2 Å². The number of carbonyl (C=O) groups excluding carboxylic acids is 1. The molecule has 64 valence electrons. The zero-order chi connectivity index (χ0) is 9.14. The number of primary amides is 1. The topological polar surface area (TPSA) is 69.1 Å². The molecule has 0 spiro atoms. The molecule has 1 unspecified atom stereocenters. The highest BCUT2D eigenvalue weighted by Gasteiger charge is 2.15. The second-order valence-corrected chi connectivity index (χ2v) is 2.83. The van der Waals surface area contributed by atoms with Gasteiger partial charge in [0.05, 0.1) is 0 Å². The molecule has 0 aliphatic carbocycles. The van der Waals surface area contributed by atoms with Crippen LogP contribution in [-0.2, 0) is 4.79 Å². The Morgan fingerprint density at radius 2 is 2.00 bits per heavy atom. The third-order valence-electron chi connectivity index (χ3n) is 1.52. The van der Waals surface area contributed by atoms with E-state index in [0.717, 1.165) is 0 Å². The minimum absolute atomic E-state index is 0.483. The summed E-state index contributed by atoms with van der Waals surface area (Å²) in [6.07, 6.45) is 0. The average Bonchev–Trinajstić information content (AvgIpc) is 2.04. The van der Waals surface area contributed by atoms with Gasteiger partial charge < -0.3 is 11.5 Å². The van der Waals surface area contributed by atoms with Crippen LogP contribution in [0.3, 0.4) is 0 Å². The van der Waals surface area contributed by atoms with E-state index in [1.807, 2.05) is 0 Å². The van der Waals surface area contributed by atoms with E-state index < -0.39 is 11.3 Å². The maximum absolute atomic E-state index is 10.7. The fourth-order valence-electron chi connectivity index (χ4n) is 0.895. The Hall–Kier alpha value is -1.22. The van der Waals surface area contributed by atoms with Gasteiger partial charge in [0.1, 0.15) is 5.38 Å². The third-order valence-corrected chi connectivity index (χ3v) is 1.97. The maximum Gasteiger partial charge on any atom is 0.240 e. The molecule has 1 amide bonds. The normalized spacial score (nSPS) is 12.4. The predicted molar refractivity (Wildman–Crippen MR) is 48.6 cm³/mol. The molecule has 3 nitrogen and oxygen atoms in total. The standard InChI is InChI=1S/C8H9ClN2O/c9-7(8(11)12)5-3-1-2-4-6(5)10/h1-4,7H,10H2,(H2,11,12). The molecule has 1 atom stereocenters. The highest BCUT2D eigenvalue weighted by atomic mass is 35.5. The van der Waals surface area contributed by atoms with Gasteiger partial charge in [0.15, 0.2) is 0 Å². The van der Waals surface area contributed by atoms with Crippen LogP contribution in [0.15, 0.2) is 24.3 Å². The van der Waals surface area contributed by atoms with Crippen LogP contribution in [0.4, 0.5) is 5.69 Å². The SMILES string of the molecule is NC(=O)C(Cl)c1ccccc1N. The molecular weight excluding hydrogens is 176 g/mol. The highest BCUT2D eigenvalue weighted by molar-refractivity contribution is 6.30. The van der Waals surface area contributed by atoms with Crippen LogP contribution in [0.2, 0.25) is 0 Å². The molecular formula is C8H9ClN2O. The molecule has 0 aliphatic rings. The molecule has 0 aromatic heterocycles. The number of para-hydroxylation sites is 1. The maximum atomic E-state index is 10.7. The molecule has 0 heterocycles. The van der Waals surface area contributed by atoms with Crippen molar-refractivity contribution in [2.24, 2.45) is 5.73 Å². The number of hydrogen-bond acceptors (Lipinski definition) is 2. The molecule has 0 fully saturated rings. The molecule has 1 aromatic rings. The second kappa shape index (κ2) is 3.45. The van der Waals surface area contributed by atoms with Crippen LogP contribution in [0.25, 0.3) is 0 Å². The first kappa shape index (κ1) is 8.87. The van der Waals surface area contributed by atoms with E-state index in [-0.39, 0.29) is 0 Å². The Balaban J connectivity index is 3.02.